The van der Waals surface area contributed by atoms with Crippen molar-refractivity contribution in [2.75, 3.05) is 12.8 Å². The molecule has 0 saturated carbocycles. The molecule has 0 spiro atoms. The quantitative estimate of drug-likeness (QED) is 0.878. The van der Waals surface area contributed by atoms with Crippen LogP contribution in [0.4, 0.5) is 0 Å². The average molecular weight is 310 g/mol. The van der Waals surface area contributed by atoms with E-state index >= 15 is 0 Å². The summed E-state index contributed by atoms with van der Waals surface area (Å²) in [5.74, 6) is 0.599. The minimum atomic E-state index is -3.19. The van der Waals surface area contributed by atoms with Gasteiger partial charge in [0.2, 0.25) is 10.0 Å². The maximum Gasteiger partial charge on any atom is 0.209 e. The van der Waals surface area contributed by atoms with E-state index in [-0.39, 0.29) is 0 Å². The van der Waals surface area contributed by atoms with E-state index < -0.39 is 15.6 Å². The zero-order valence-corrected chi connectivity index (χ0v) is 14.1. The first-order valence-electron chi connectivity index (χ1n) is 7.49. The Hall–Kier alpha value is -0.910. The Morgan fingerprint density at radius 3 is 2.43 bits per heavy atom. The molecule has 0 aromatic heterocycles. The van der Waals surface area contributed by atoms with E-state index in [2.05, 4.69) is 41.2 Å². The van der Waals surface area contributed by atoms with E-state index in [4.69, 9.17) is 0 Å². The molecule has 0 bridgehead atoms. The van der Waals surface area contributed by atoms with Gasteiger partial charge in [0.25, 0.3) is 0 Å². The highest BCUT2D eigenvalue weighted by Gasteiger charge is 2.27. The molecule has 21 heavy (non-hydrogen) atoms. The Morgan fingerprint density at radius 1 is 1.19 bits per heavy atom. The number of nitrogens with one attached hydrogen (secondary N) is 2. The van der Waals surface area contributed by atoms with Gasteiger partial charge in [0, 0.05) is 18.1 Å². The summed E-state index contributed by atoms with van der Waals surface area (Å²) >= 11 is 0. The van der Waals surface area contributed by atoms with Crippen molar-refractivity contribution in [2.24, 2.45) is 0 Å². The zero-order valence-electron chi connectivity index (χ0n) is 13.3. The Balaban J connectivity index is 2.06. The van der Waals surface area contributed by atoms with Crippen molar-refractivity contribution in [1.82, 2.24) is 10.0 Å². The summed E-state index contributed by atoms with van der Waals surface area (Å²) in [7, 11) is -3.19. The summed E-state index contributed by atoms with van der Waals surface area (Å²) in [4.78, 5) is 0. The standard InChI is InChI=1S/C16H26N2O2S/c1-12-9-10-15(14-8-6-5-7-13(12)14)17-11-16(2,3)18-21(4,19)20/h5-8,12,15,17-18H,9-11H2,1-4H3. The smallest absolute Gasteiger partial charge is 0.209 e. The molecule has 2 unspecified atom stereocenters. The minimum Gasteiger partial charge on any atom is -0.308 e. The fourth-order valence-electron chi connectivity index (χ4n) is 3.13. The second-order valence-corrected chi connectivity index (χ2v) is 8.55. The summed E-state index contributed by atoms with van der Waals surface area (Å²) in [6, 6.07) is 8.85. The van der Waals surface area contributed by atoms with Gasteiger partial charge < -0.3 is 5.32 Å². The van der Waals surface area contributed by atoms with Crippen molar-refractivity contribution in [3.05, 3.63) is 35.4 Å². The highest BCUT2D eigenvalue weighted by Crippen LogP contribution is 2.36. The molecular formula is C16H26N2O2S. The van der Waals surface area contributed by atoms with Crippen LogP contribution in [0, 0.1) is 0 Å². The number of sulfonamides is 1. The van der Waals surface area contributed by atoms with Gasteiger partial charge in [0.15, 0.2) is 0 Å². The summed E-state index contributed by atoms with van der Waals surface area (Å²) in [5.41, 5.74) is 2.27. The normalized spacial score (nSPS) is 22.9. The molecule has 0 heterocycles. The van der Waals surface area contributed by atoms with Gasteiger partial charge in [-0.3, -0.25) is 0 Å². The van der Waals surface area contributed by atoms with Gasteiger partial charge in [-0.1, -0.05) is 31.2 Å². The first-order valence-corrected chi connectivity index (χ1v) is 9.38. The lowest BCUT2D eigenvalue weighted by Crippen LogP contribution is -2.50. The average Bonchev–Trinajstić information content (AvgIpc) is 2.35. The van der Waals surface area contributed by atoms with Crippen molar-refractivity contribution >= 4 is 10.0 Å². The third-order valence-corrected chi connectivity index (χ3v) is 4.97. The van der Waals surface area contributed by atoms with Crippen LogP contribution < -0.4 is 10.0 Å². The summed E-state index contributed by atoms with van der Waals surface area (Å²) < 4.78 is 25.5. The van der Waals surface area contributed by atoms with E-state index in [0.717, 1.165) is 12.8 Å². The maximum atomic E-state index is 11.4. The second kappa shape index (κ2) is 6.07. The lowest BCUT2D eigenvalue weighted by Gasteiger charge is -2.33. The van der Waals surface area contributed by atoms with Crippen LogP contribution in [0.1, 0.15) is 56.7 Å². The van der Waals surface area contributed by atoms with Gasteiger partial charge >= 0.3 is 0 Å². The van der Waals surface area contributed by atoms with Gasteiger partial charge in [-0.2, -0.15) is 0 Å². The molecule has 0 saturated heterocycles. The van der Waals surface area contributed by atoms with Crippen LogP contribution in [0.5, 0.6) is 0 Å². The lowest BCUT2D eigenvalue weighted by molar-refractivity contribution is 0.362. The molecule has 118 valence electrons. The van der Waals surface area contributed by atoms with E-state index in [1.807, 2.05) is 13.8 Å². The van der Waals surface area contributed by atoms with Crippen molar-refractivity contribution in [2.45, 2.75) is 51.1 Å². The fourth-order valence-corrected chi connectivity index (χ4v) is 4.21. The SMILES string of the molecule is CC1CCC(NCC(C)(C)NS(C)(=O)=O)c2ccccc21. The molecule has 0 aliphatic heterocycles. The molecule has 1 aromatic carbocycles. The highest BCUT2D eigenvalue weighted by molar-refractivity contribution is 7.88. The molecule has 2 N–H and O–H groups in total. The van der Waals surface area contributed by atoms with Gasteiger partial charge in [0.05, 0.1) is 6.26 Å². The number of fused-ring (bicyclic) bond motifs is 1. The predicted octanol–water partition coefficient (Wildman–Crippen LogP) is 2.54. The van der Waals surface area contributed by atoms with E-state index in [1.54, 1.807) is 0 Å². The minimum absolute atomic E-state index is 0.304. The topological polar surface area (TPSA) is 58.2 Å². The largest absolute Gasteiger partial charge is 0.308 e. The van der Waals surface area contributed by atoms with E-state index in [9.17, 15) is 8.42 Å². The van der Waals surface area contributed by atoms with Crippen LogP contribution in [-0.4, -0.2) is 26.8 Å². The third-order valence-electron chi connectivity index (χ3n) is 4.04. The molecule has 2 atom stereocenters. The number of hydrogen-bond acceptors (Lipinski definition) is 3. The fraction of sp³-hybridized carbons (Fsp3) is 0.625. The summed E-state index contributed by atoms with van der Waals surface area (Å²) in [6.45, 7) is 6.68. The molecule has 0 fully saturated rings. The van der Waals surface area contributed by atoms with Crippen LogP contribution >= 0.6 is 0 Å². The Bertz CT molecular complexity index is 596. The van der Waals surface area contributed by atoms with Gasteiger partial charge in [-0.25, -0.2) is 13.1 Å². The summed E-state index contributed by atoms with van der Waals surface area (Å²) in [6.07, 6.45) is 3.45. The molecule has 0 radical (unpaired) electrons. The first-order chi connectivity index (χ1) is 9.68. The third kappa shape index (κ3) is 4.53. The van der Waals surface area contributed by atoms with Crippen molar-refractivity contribution < 1.29 is 8.42 Å². The van der Waals surface area contributed by atoms with Crippen molar-refractivity contribution in [3.8, 4) is 0 Å². The summed E-state index contributed by atoms with van der Waals surface area (Å²) in [5, 5.41) is 3.53. The number of rotatable bonds is 5. The van der Waals surface area contributed by atoms with Gasteiger partial charge in [-0.15, -0.1) is 0 Å². The molecular weight excluding hydrogens is 284 g/mol. The van der Waals surface area contributed by atoms with Crippen LogP contribution in [0.3, 0.4) is 0 Å². The molecule has 2 rings (SSSR count). The van der Waals surface area contributed by atoms with E-state index in [1.165, 1.54) is 17.4 Å². The van der Waals surface area contributed by atoms with Crippen LogP contribution in [-0.2, 0) is 10.0 Å². The Morgan fingerprint density at radius 2 is 1.81 bits per heavy atom. The van der Waals surface area contributed by atoms with Crippen molar-refractivity contribution in [3.63, 3.8) is 0 Å². The zero-order chi connectivity index (χ0) is 15.7. The number of benzene rings is 1. The van der Waals surface area contributed by atoms with Gasteiger partial charge in [-0.05, 0) is 43.7 Å². The predicted molar refractivity (Wildman–Crippen MR) is 86.9 cm³/mol. The Kier molecular flexibility index (Phi) is 4.76. The van der Waals surface area contributed by atoms with Crippen LogP contribution in [0.15, 0.2) is 24.3 Å². The van der Waals surface area contributed by atoms with Crippen molar-refractivity contribution in [1.29, 1.82) is 0 Å². The van der Waals surface area contributed by atoms with Crippen LogP contribution in [0.2, 0.25) is 0 Å². The Labute approximate surface area is 128 Å². The van der Waals surface area contributed by atoms with E-state index in [0.29, 0.717) is 18.5 Å². The molecule has 0 amide bonds. The highest BCUT2D eigenvalue weighted by atomic mass is 32.2. The monoisotopic (exact) mass is 310 g/mol. The van der Waals surface area contributed by atoms with Gasteiger partial charge in [0.1, 0.15) is 0 Å². The first kappa shape index (κ1) is 16.5. The van der Waals surface area contributed by atoms with Crippen LogP contribution in [0.25, 0.3) is 0 Å². The number of hydrogen-bond donors (Lipinski definition) is 2. The molecule has 1 aliphatic carbocycles. The molecule has 1 aromatic rings. The molecule has 1 aliphatic rings. The maximum absolute atomic E-state index is 11.4. The molecule has 5 heteroatoms. The lowest BCUT2D eigenvalue weighted by atomic mass is 9.81. The molecule has 4 nitrogen and oxygen atoms in total. The second-order valence-electron chi connectivity index (χ2n) is 6.80.